The maximum absolute atomic E-state index is 13.1. The number of benzene rings is 1. The van der Waals surface area contributed by atoms with E-state index in [4.69, 9.17) is 23.2 Å². The lowest BCUT2D eigenvalue weighted by atomic mass is 10.3. The lowest BCUT2D eigenvalue weighted by molar-refractivity contribution is 0.446. The molecule has 0 radical (unpaired) electrons. The summed E-state index contributed by atoms with van der Waals surface area (Å²) in [5.41, 5.74) is 0. The van der Waals surface area contributed by atoms with E-state index in [2.05, 4.69) is 0 Å². The van der Waals surface area contributed by atoms with Gasteiger partial charge in [-0.05, 0) is 18.2 Å². The van der Waals surface area contributed by atoms with Crippen LogP contribution in [-0.4, -0.2) is 31.7 Å². The Morgan fingerprint density at radius 3 is 2.59 bits per heavy atom. The first-order valence-electron chi connectivity index (χ1n) is 4.94. The van der Waals surface area contributed by atoms with Crippen LogP contribution in [0.3, 0.4) is 0 Å². The minimum atomic E-state index is -3.79. The molecule has 3 nitrogen and oxygen atoms in total. The average Bonchev–Trinajstić information content (AvgIpc) is 2.28. The highest BCUT2D eigenvalue weighted by molar-refractivity contribution is 7.89. The van der Waals surface area contributed by atoms with Crippen molar-refractivity contribution in [2.24, 2.45) is 0 Å². The Bertz CT molecular complexity index is 493. The van der Waals surface area contributed by atoms with E-state index in [1.165, 1.54) is 6.07 Å². The molecule has 0 bridgehead atoms. The lowest BCUT2D eigenvalue weighted by Gasteiger charge is -2.19. The molecule has 0 heterocycles. The Morgan fingerprint density at radius 2 is 2.06 bits per heavy atom. The van der Waals surface area contributed by atoms with Crippen molar-refractivity contribution < 1.29 is 12.8 Å². The molecule has 96 valence electrons. The monoisotopic (exact) mass is 299 g/mol. The fourth-order valence-electron chi connectivity index (χ4n) is 1.36. The van der Waals surface area contributed by atoms with E-state index in [9.17, 15) is 12.8 Å². The first-order valence-corrected chi connectivity index (χ1v) is 7.30. The number of sulfonamides is 1. The highest BCUT2D eigenvalue weighted by Crippen LogP contribution is 2.25. The summed E-state index contributed by atoms with van der Waals surface area (Å²) in [4.78, 5) is -0.230. The quantitative estimate of drug-likeness (QED) is 0.784. The first-order chi connectivity index (χ1) is 7.93. The molecule has 0 saturated carbocycles. The van der Waals surface area contributed by atoms with Crippen LogP contribution in [0.4, 0.5) is 4.39 Å². The zero-order valence-electron chi connectivity index (χ0n) is 9.16. The minimum Gasteiger partial charge on any atom is -0.207 e. The summed E-state index contributed by atoms with van der Waals surface area (Å²) < 4.78 is 38.5. The molecular weight excluding hydrogens is 288 g/mol. The van der Waals surface area contributed by atoms with Crippen molar-refractivity contribution in [1.29, 1.82) is 0 Å². The number of hydrogen-bond donors (Lipinski definition) is 0. The van der Waals surface area contributed by atoms with Gasteiger partial charge in [-0.3, -0.25) is 0 Å². The van der Waals surface area contributed by atoms with E-state index in [0.29, 0.717) is 0 Å². The van der Waals surface area contributed by atoms with E-state index < -0.39 is 15.8 Å². The molecule has 0 spiro atoms. The summed E-state index contributed by atoms with van der Waals surface area (Å²) in [6.45, 7) is 2.09. The van der Waals surface area contributed by atoms with Gasteiger partial charge in [-0.2, -0.15) is 4.31 Å². The number of nitrogens with zero attached hydrogens (tertiary/aromatic N) is 1. The third kappa shape index (κ3) is 3.31. The summed E-state index contributed by atoms with van der Waals surface area (Å²) in [5, 5.41) is -0.000535. The van der Waals surface area contributed by atoms with Crippen LogP contribution in [0, 0.1) is 5.82 Å². The third-order valence-corrected chi connectivity index (χ3v) is 4.82. The fourth-order valence-corrected chi connectivity index (χ4v) is 3.60. The van der Waals surface area contributed by atoms with Gasteiger partial charge in [0, 0.05) is 19.0 Å². The predicted octanol–water partition coefficient (Wildman–Crippen LogP) is 2.73. The summed E-state index contributed by atoms with van der Waals surface area (Å²) in [5.74, 6) is -0.477. The second-order valence-corrected chi connectivity index (χ2v) is 5.95. The topological polar surface area (TPSA) is 37.4 Å². The van der Waals surface area contributed by atoms with Crippen LogP contribution in [-0.2, 0) is 10.0 Å². The Hall–Kier alpha value is -0.360. The van der Waals surface area contributed by atoms with Gasteiger partial charge in [0.25, 0.3) is 0 Å². The molecule has 0 N–H and O–H groups in total. The molecule has 0 aliphatic heterocycles. The van der Waals surface area contributed by atoms with Gasteiger partial charge >= 0.3 is 0 Å². The van der Waals surface area contributed by atoms with Crippen LogP contribution in [0.1, 0.15) is 6.92 Å². The molecule has 0 fully saturated rings. The van der Waals surface area contributed by atoms with Crippen molar-refractivity contribution in [3.05, 3.63) is 29.0 Å². The molecule has 0 saturated heterocycles. The van der Waals surface area contributed by atoms with E-state index in [1.807, 2.05) is 0 Å². The minimum absolute atomic E-state index is 0.000535. The van der Waals surface area contributed by atoms with Crippen LogP contribution < -0.4 is 0 Å². The summed E-state index contributed by atoms with van der Waals surface area (Å²) in [6.07, 6.45) is 0. The maximum atomic E-state index is 13.1. The van der Waals surface area contributed by atoms with Gasteiger partial charge in [0.1, 0.15) is 10.7 Å². The van der Waals surface area contributed by atoms with E-state index in [0.717, 1.165) is 16.4 Å². The molecule has 7 heteroatoms. The van der Waals surface area contributed by atoms with Gasteiger partial charge in [-0.1, -0.05) is 18.5 Å². The molecule has 1 aromatic rings. The largest absolute Gasteiger partial charge is 0.244 e. The van der Waals surface area contributed by atoms with E-state index in [1.54, 1.807) is 6.92 Å². The van der Waals surface area contributed by atoms with Crippen molar-refractivity contribution in [3.8, 4) is 0 Å². The normalized spacial score (nSPS) is 12.1. The van der Waals surface area contributed by atoms with Crippen molar-refractivity contribution in [1.82, 2.24) is 4.31 Å². The van der Waals surface area contributed by atoms with Crippen LogP contribution >= 0.6 is 23.2 Å². The molecule has 0 amide bonds. The highest BCUT2D eigenvalue weighted by atomic mass is 35.5. The van der Waals surface area contributed by atoms with Crippen molar-refractivity contribution in [2.45, 2.75) is 11.8 Å². The molecule has 0 unspecified atom stereocenters. The van der Waals surface area contributed by atoms with Crippen LogP contribution in [0.2, 0.25) is 5.02 Å². The second kappa shape index (κ2) is 6.00. The Kier molecular flexibility index (Phi) is 5.19. The van der Waals surface area contributed by atoms with Gasteiger partial charge in [-0.15, -0.1) is 11.6 Å². The molecule has 0 aliphatic carbocycles. The van der Waals surface area contributed by atoms with Crippen molar-refractivity contribution >= 4 is 33.2 Å². The molecule has 1 rings (SSSR count). The van der Waals surface area contributed by atoms with Gasteiger partial charge in [0.15, 0.2) is 0 Å². The SMILES string of the molecule is CCN(CCCl)S(=O)(=O)c1cc(F)ccc1Cl. The Balaban J connectivity index is 3.24. The second-order valence-electron chi connectivity index (χ2n) is 3.26. The van der Waals surface area contributed by atoms with Gasteiger partial charge in [-0.25, -0.2) is 12.8 Å². The Labute approximate surface area is 110 Å². The smallest absolute Gasteiger partial charge is 0.207 e. The number of halogens is 3. The lowest BCUT2D eigenvalue weighted by Crippen LogP contribution is -2.32. The number of alkyl halides is 1. The maximum Gasteiger partial charge on any atom is 0.244 e. The molecule has 1 aromatic carbocycles. The van der Waals surface area contributed by atoms with Gasteiger partial charge in [0.2, 0.25) is 10.0 Å². The molecular formula is C10H12Cl2FNO2S. The standard InChI is InChI=1S/C10H12Cl2FNO2S/c1-2-14(6-5-11)17(15,16)10-7-8(13)3-4-9(10)12/h3-4,7H,2,5-6H2,1H3. The predicted molar refractivity (Wildman–Crippen MR) is 66.6 cm³/mol. The van der Waals surface area contributed by atoms with Gasteiger partial charge in [0.05, 0.1) is 5.02 Å². The molecule has 0 aromatic heterocycles. The van der Waals surface area contributed by atoms with Crippen LogP contribution in [0.15, 0.2) is 23.1 Å². The van der Waals surface area contributed by atoms with Crippen molar-refractivity contribution in [3.63, 3.8) is 0 Å². The molecule has 17 heavy (non-hydrogen) atoms. The molecule has 0 aliphatic rings. The zero-order chi connectivity index (χ0) is 13.1. The molecule has 0 atom stereocenters. The van der Waals surface area contributed by atoms with E-state index >= 15 is 0 Å². The number of rotatable bonds is 5. The van der Waals surface area contributed by atoms with Gasteiger partial charge < -0.3 is 0 Å². The van der Waals surface area contributed by atoms with Crippen LogP contribution in [0.5, 0.6) is 0 Å². The Morgan fingerprint density at radius 1 is 1.41 bits per heavy atom. The highest BCUT2D eigenvalue weighted by Gasteiger charge is 2.25. The number of hydrogen-bond acceptors (Lipinski definition) is 2. The van der Waals surface area contributed by atoms with E-state index in [-0.39, 0.29) is 28.9 Å². The average molecular weight is 300 g/mol. The first kappa shape index (κ1) is 14.7. The summed E-state index contributed by atoms with van der Waals surface area (Å²) >= 11 is 11.3. The summed E-state index contributed by atoms with van der Waals surface area (Å²) in [6, 6.07) is 3.24. The zero-order valence-corrected chi connectivity index (χ0v) is 11.5. The van der Waals surface area contributed by atoms with Crippen LogP contribution in [0.25, 0.3) is 0 Å². The fraction of sp³-hybridized carbons (Fsp3) is 0.400. The summed E-state index contributed by atoms with van der Waals surface area (Å²) in [7, 11) is -3.79. The van der Waals surface area contributed by atoms with Crippen molar-refractivity contribution in [2.75, 3.05) is 19.0 Å². The third-order valence-electron chi connectivity index (χ3n) is 2.20.